The second-order valence-corrected chi connectivity index (χ2v) is 3.86. The fraction of sp³-hybridized carbons (Fsp3) is 0.273. The first kappa shape index (κ1) is 11.0. The van der Waals surface area contributed by atoms with E-state index in [-0.39, 0.29) is 5.69 Å². The van der Waals surface area contributed by atoms with Crippen LogP contribution in [0.25, 0.3) is 5.52 Å². The molecule has 0 aliphatic rings. The lowest BCUT2D eigenvalue weighted by Crippen LogP contribution is -2.07. The number of halogens is 1. The largest absolute Gasteiger partial charge is 0.477 e. The summed E-state index contributed by atoms with van der Waals surface area (Å²) in [5, 5.41) is 9.45. The second-order valence-electron chi connectivity index (χ2n) is 3.51. The van der Waals surface area contributed by atoms with Gasteiger partial charge in [0.05, 0.1) is 5.52 Å². The van der Waals surface area contributed by atoms with Gasteiger partial charge < -0.3 is 5.11 Å². The molecule has 0 amide bonds. The summed E-state index contributed by atoms with van der Waals surface area (Å²) in [5.74, 6) is -0.280. The molecule has 2 rings (SSSR count). The van der Waals surface area contributed by atoms with E-state index in [2.05, 4.69) is 4.98 Å². The first-order chi connectivity index (χ1) is 7.65. The van der Waals surface area contributed by atoms with Crippen molar-refractivity contribution < 1.29 is 9.90 Å². The predicted octanol–water partition coefficient (Wildman–Crippen LogP) is 2.64. The molecule has 4 nitrogen and oxygen atoms in total. The third kappa shape index (κ3) is 1.65. The first-order valence-electron chi connectivity index (χ1n) is 5.04. The van der Waals surface area contributed by atoms with Crippen LogP contribution >= 0.6 is 11.6 Å². The lowest BCUT2D eigenvalue weighted by atomic mass is 10.3. The van der Waals surface area contributed by atoms with Crippen LogP contribution in [0.15, 0.2) is 18.2 Å². The van der Waals surface area contributed by atoms with Crippen molar-refractivity contribution in [1.29, 1.82) is 0 Å². The highest BCUT2D eigenvalue weighted by Crippen LogP contribution is 2.21. The molecule has 0 aliphatic heterocycles. The normalized spacial score (nSPS) is 10.9. The van der Waals surface area contributed by atoms with Gasteiger partial charge in [-0.2, -0.15) is 0 Å². The van der Waals surface area contributed by atoms with Gasteiger partial charge in [0.15, 0.2) is 5.15 Å². The predicted molar refractivity (Wildman–Crippen MR) is 61.2 cm³/mol. The summed E-state index contributed by atoms with van der Waals surface area (Å²) in [4.78, 5) is 15.3. The van der Waals surface area contributed by atoms with Crippen molar-refractivity contribution in [2.24, 2.45) is 0 Å². The molecule has 1 N–H and O–H groups in total. The van der Waals surface area contributed by atoms with Gasteiger partial charge in [-0.1, -0.05) is 24.6 Å². The van der Waals surface area contributed by atoms with Crippen molar-refractivity contribution in [3.8, 4) is 0 Å². The number of rotatable bonds is 3. The minimum Gasteiger partial charge on any atom is -0.477 e. The van der Waals surface area contributed by atoms with Crippen LogP contribution in [0.3, 0.4) is 0 Å². The molecule has 0 unspecified atom stereocenters. The fourth-order valence-corrected chi connectivity index (χ4v) is 1.97. The highest BCUT2D eigenvalue weighted by Gasteiger charge is 2.15. The second kappa shape index (κ2) is 4.14. The Hall–Kier alpha value is -1.55. The van der Waals surface area contributed by atoms with Crippen molar-refractivity contribution in [2.75, 3.05) is 0 Å². The minimum absolute atomic E-state index is 0.195. The van der Waals surface area contributed by atoms with E-state index in [0.29, 0.717) is 22.9 Å². The summed E-state index contributed by atoms with van der Waals surface area (Å²) in [6.45, 7) is 2.01. The number of fused-ring (bicyclic) bond motifs is 1. The number of hydrogen-bond acceptors (Lipinski definition) is 2. The highest BCUT2D eigenvalue weighted by atomic mass is 35.5. The molecule has 2 aromatic rings. The number of aromatic carboxylic acids is 1. The number of carboxylic acids is 1. The Balaban J connectivity index is 2.77. The van der Waals surface area contributed by atoms with Crippen molar-refractivity contribution in [2.45, 2.75) is 19.8 Å². The van der Waals surface area contributed by atoms with Crippen LogP contribution in [0.1, 0.15) is 29.7 Å². The maximum atomic E-state index is 11.1. The molecule has 0 bridgehead atoms. The van der Waals surface area contributed by atoms with E-state index < -0.39 is 5.97 Å². The van der Waals surface area contributed by atoms with Crippen molar-refractivity contribution >= 4 is 23.1 Å². The number of aryl methyl sites for hydroxylation is 1. The number of pyridine rings is 1. The number of nitrogens with zero attached hydrogens (tertiary/aromatic N) is 2. The molecule has 16 heavy (non-hydrogen) atoms. The molecule has 0 saturated heterocycles. The van der Waals surface area contributed by atoms with Crippen LogP contribution in [0.4, 0.5) is 0 Å². The van der Waals surface area contributed by atoms with Crippen molar-refractivity contribution in [3.63, 3.8) is 0 Å². The minimum atomic E-state index is -0.975. The molecule has 2 aromatic heterocycles. The monoisotopic (exact) mass is 238 g/mol. The lowest BCUT2D eigenvalue weighted by Gasteiger charge is -2.03. The summed E-state index contributed by atoms with van der Waals surface area (Å²) in [7, 11) is 0. The summed E-state index contributed by atoms with van der Waals surface area (Å²) < 4.78 is 1.61. The van der Waals surface area contributed by atoms with Gasteiger partial charge in [0.2, 0.25) is 0 Å². The lowest BCUT2D eigenvalue weighted by molar-refractivity contribution is 0.0688. The van der Waals surface area contributed by atoms with Crippen LogP contribution in [-0.2, 0) is 6.42 Å². The molecule has 0 saturated carbocycles. The van der Waals surface area contributed by atoms with Gasteiger partial charge in [0, 0.05) is 6.42 Å². The van der Waals surface area contributed by atoms with E-state index in [4.69, 9.17) is 16.7 Å². The molecule has 0 fully saturated rings. The number of carboxylic acid groups (broad SMARTS) is 1. The average molecular weight is 239 g/mol. The molecule has 0 aromatic carbocycles. The maximum Gasteiger partial charge on any atom is 0.352 e. The third-order valence-corrected chi connectivity index (χ3v) is 2.66. The number of aromatic nitrogens is 2. The summed E-state index contributed by atoms with van der Waals surface area (Å²) in [6.07, 6.45) is 1.60. The van der Waals surface area contributed by atoms with E-state index in [0.717, 1.165) is 6.42 Å². The van der Waals surface area contributed by atoms with Gasteiger partial charge in [-0.15, -0.1) is 0 Å². The molecular weight excluding hydrogens is 228 g/mol. The highest BCUT2D eigenvalue weighted by molar-refractivity contribution is 6.32. The van der Waals surface area contributed by atoms with Crippen molar-refractivity contribution in [1.82, 2.24) is 9.38 Å². The molecule has 0 atom stereocenters. The Morgan fingerprint density at radius 1 is 1.56 bits per heavy atom. The van der Waals surface area contributed by atoms with E-state index in [1.54, 1.807) is 22.6 Å². The smallest absolute Gasteiger partial charge is 0.352 e. The third-order valence-electron chi connectivity index (χ3n) is 2.38. The van der Waals surface area contributed by atoms with Gasteiger partial charge in [-0.05, 0) is 18.6 Å². The number of carbonyl (C=O) groups is 1. The van der Waals surface area contributed by atoms with Gasteiger partial charge in [-0.25, -0.2) is 9.78 Å². The van der Waals surface area contributed by atoms with Crippen molar-refractivity contribution in [3.05, 3.63) is 34.9 Å². The zero-order valence-corrected chi connectivity index (χ0v) is 9.53. The summed E-state index contributed by atoms with van der Waals surface area (Å²) >= 11 is 5.97. The Morgan fingerprint density at radius 3 is 2.94 bits per heavy atom. The quantitative estimate of drug-likeness (QED) is 0.894. The van der Waals surface area contributed by atoms with E-state index in [1.807, 2.05) is 6.92 Å². The molecule has 0 radical (unpaired) electrons. The van der Waals surface area contributed by atoms with Gasteiger partial charge in [0.25, 0.3) is 0 Å². The summed E-state index contributed by atoms with van der Waals surface area (Å²) in [6, 6.07) is 4.98. The Bertz CT molecular complexity index is 548. The molecular formula is C11H11ClN2O2. The summed E-state index contributed by atoms with van der Waals surface area (Å²) in [5.41, 5.74) is 0.838. The zero-order valence-electron chi connectivity index (χ0n) is 8.77. The van der Waals surface area contributed by atoms with Crippen LogP contribution in [0.5, 0.6) is 0 Å². The molecule has 0 aliphatic carbocycles. The van der Waals surface area contributed by atoms with Gasteiger partial charge in [-0.3, -0.25) is 4.40 Å². The SMILES string of the molecule is CCCc1nc(Cl)c2cccc(C(=O)O)n12. The maximum absolute atomic E-state index is 11.1. The molecule has 84 valence electrons. The van der Waals surface area contributed by atoms with Crippen LogP contribution < -0.4 is 0 Å². The number of hydrogen-bond donors (Lipinski definition) is 1. The first-order valence-corrected chi connectivity index (χ1v) is 5.42. The fourth-order valence-electron chi connectivity index (χ4n) is 1.73. The standard InChI is InChI=1S/C11H11ClN2O2/c1-2-4-9-13-10(12)7-5-3-6-8(11(15)16)14(7)9/h3,5-6H,2,4H2,1H3,(H,15,16). The molecule has 2 heterocycles. The average Bonchev–Trinajstić information content (AvgIpc) is 2.57. The van der Waals surface area contributed by atoms with Crippen LogP contribution in [0.2, 0.25) is 5.15 Å². The van der Waals surface area contributed by atoms with Gasteiger partial charge in [0.1, 0.15) is 11.5 Å². The topological polar surface area (TPSA) is 54.6 Å². The molecule has 5 heteroatoms. The van der Waals surface area contributed by atoms with E-state index in [9.17, 15) is 4.79 Å². The zero-order chi connectivity index (χ0) is 11.7. The Morgan fingerprint density at radius 2 is 2.31 bits per heavy atom. The van der Waals surface area contributed by atoms with Gasteiger partial charge >= 0.3 is 5.97 Å². The van der Waals surface area contributed by atoms with E-state index >= 15 is 0 Å². The molecule has 0 spiro atoms. The van der Waals surface area contributed by atoms with Crippen LogP contribution in [-0.4, -0.2) is 20.5 Å². The number of imidazole rings is 1. The Labute approximate surface area is 97.5 Å². The Kier molecular flexibility index (Phi) is 2.83. The van der Waals surface area contributed by atoms with Crippen LogP contribution in [0, 0.1) is 0 Å². The van der Waals surface area contributed by atoms with E-state index in [1.165, 1.54) is 0 Å².